The first-order chi connectivity index (χ1) is 10.5. The number of nitrogens with one attached hydrogen (secondary N) is 1. The molecular formula is C16H19BrN2O3. The first-order valence-electron chi connectivity index (χ1n) is 7.21. The van der Waals surface area contributed by atoms with E-state index in [9.17, 15) is 9.59 Å². The Morgan fingerprint density at radius 1 is 1.36 bits per heavy atom. The number of hydrogen-bond acceptors (Lipinski definition) is 3. The standard InChI is InChI=1S/C16H19BrN2O3/c1-4-19-10(3)13(15(20)22-5-2)14(18-16(19)21)11-8-6-7-9-12(11)17/h6-9,14H,4-5H2,1-3H3,(H,18,21)/t14-/m0/s1. The van der Waals surface area contributed by atoms with E-state index < -0.39 is 12.0 Å². The van der Waals surface area contributed by atoms with Crippen molar-refractivity contribution in [3.05, 3.63) is 45.6 Å². The fourth-order valence-corrected chi connectivity index (χ4v) is 3.09. The summed E-state index contributed by atoms with van der Waals surface area (Å²) in [6.45, 7) is 6.19. The third-order valence-corrected chi connectivity index (χ3v) is 4.35. The van der Waals surface area contributed by atoms with Crippen LogP contribution in [0, 0.1) is 0 Å². The van der Waals surface area contributed by atoms with Crippen LogP contribution in [0.15, 0.2) is 40.0 Å². The Morgan fingerprint density at radius 2 is 2.05 bits per heavy atom. The van der Waals surface area contributed by atoms with E-state index in [4.69, 9.17) is 4.74 Å². The molecule has 2 amide bonds. The molecule has 1 aromatic carbocycles. The quantitative estimate of drug-likeness (QED) is 0.831. The van der Waals surface area contributed by atoms with Crippen LogP contribution in [0.4, 0.5) is 4.79 Å². The second kappa shape index (κ2) is 6.96. The van der Waals surface area contributed by atoms with Crippen LogP contribution >= 0.6 is 15.9 Å². The molecule has 1 aliphatic rings. The molecule has 0 saturated carbocycles. The molecule has 0 saturated heterocycles. The van der Waals surface area contributed by atoms with Crippen molar-refractivity contribution in [3.8, 4) is 0 Å². The van der Waals surface area contributed by atoms with E-state index in [2.05, 4.69) is 21.2 Å². The van der Waals surface area contributed by atoms with Gasteiger partial charge in [-0.1, -0.05) is 34.1 Å². The molecule has 1 atom stereocenters. The van der Waals surface area contributed by atoms with Crippen LogP contribution in [0.5, 0.6) is 0 Å². The number of allylic oxidation sites excluding steroid dienone is 1. The Morgan fingerprint density at radius 3 is 2.64 bits per heavy atom. The number of esters is 1. The Bertz CT molecular complexity index is 628. The predicted molar refractivity (Wildman–Crippen MR) is 87.1 cm³/mol. The molecule has 0 unspecified atom stereocenters. The minimum Gasteiger partial charge on any atom is -0.463 e. The fourth-order valence-electron chi connectivity index (χ4n) is 2.58. The van der Waals surface area contributed by atoms with Crippen molar-refractivity contribution >= 4 is 27.9 Å². The predicted octanol–water partition coefficient (Wildman–Crippen LogP) is 3.37. The van der Waals surface area contributed by atoms with E-state index >= 15 is 0 Å². The minimum absolute atomic E-state index is 0.214. The van der Waals surface area contributed by atoms with E-state index in [1.165, 1.54) is 0 Å². The van der Waals surface area contributed by atoms with Gasteiger partial charge in [0.2, 0.25) is 0 Å². The van der Waals surface area contributed by atoms with E-state index in [1.54, 1.807) is 18.7 Å². The van der Waals surface area contributed by atoms with Crippen molar-refractivity contribution in [3.63, 3.8) is 0 Å². The van der Waals surface area contributed by atoms with Gasteiger partial charge in [-0.15, -0.1) is 0 Å². The van der Waals surface area contributed by atoms with Gasteiger partial charge in [-0.2, -0.15) is 0 Å². The number of amides is 2. The summed E-state index contributed by atoms with van der Waals surface area (Å²) in [6, 6.07) is 6.78. The lowest BCUT2D eigenvalue weighted by atomic mass is 9.95. The number of urea groups is 1. The van der Waals surface area contributed by atoms with Crippen molar-refractivity contribution in [2.75, 3.05) is 13.2 Å². The summed E-state index contributed by atoms with van der Waals surface area (Å²) in [5, 5.41) is 2.89. The topological polar surface area (TPSA) is 58.6 Å². The average Bonchev–Trinajstić information content (AvgIpc) is 2.47. The number of carbonyl (C=O) groups excluding carboxylic acids is 2. The molecule has 0 spiro atoms. The van der Waals surface area contributed by atoms with Gasteiger partial charge in [0.05, 0.1) is 18.2 Å². The summed E-state index contributed by atoms with van der Waals surface area (Å²) in [7, 11) is 0. The highest BCUT2D eigenvalue weighted by molar-refractivity contribution is 9.10. The van der Waals surface area contributed by atoms with Gasteiger partial charge < -0.3 is 10.1 Å². The van der Waals surface area contributed by atoms with Gasteiger partial charge in [0.15, 0.2) is 0 Å². The lowest BCUT2D eigenvalue weighted by Gasteiger charge is -2.35. The normalized spacial score (nSPS) is 18.3. The number of nitrogens with zero attached hydrogens (tertiary/aromatic N) is 1. The highest BCUT2D eigenvalue weighted by Crippen LogP contribution is 2.34. The molecule has 0 bridgehead atoms. The summed E-state index contributed by atoms with van der Waals surface area (Å²) in [6.07, 6.45) is 0. The SMILES string of the molecule is CCOC(=O)C1=C(C)N(CC)C(=O)N[C@H]1c1ccccc1Br. The van der Waals surface area contributed by atoms with Gasteiger partial charge >= 0.3 is 12.0 Å². The average molecular weight is 367 g/mol. The van der Waals surface area contributed by atoms with Gasteiger partial charge in [-0.05, 0) is 32.4 Å². The van der Waals surface area contributed by atoms with E-state index in [0.717, 1.165) is 10.0 Å². The molecule has 22 heavy (non-hydrogen) atoms. The van der Waals surface area contributed by atoms with E-state index in [1.807, 2.05) is 31.2 Å². The molecule has 0 aromatic heterocycles. The van der Waals surface area contributed by atoms with E-state index in [-0.39, 0.29) is 6.03 Å². The second-order valence-corrected chi connectivity index (χ2v) is 5.72. The lowest BCUT2D eigenvalue weighted by Crippen LogP contribution is -2.48. The number of benzene rings is 1. The van der Waals surface area contributed by atoms with Gasteiger partial charge in [0.1, 0.15) is 0 Å². The Kier molecular flexibility index (Phi) is 5.24. The van der Waals surface area contributed by atoms with Crippen molar-refractivity contribution in [1.82, 2.24) is 10.2 Å². The maximum absolute atomic E-state index is 12.4. The van der Waals surface area contributed by atoms with Crippen LogP contribution in [-0.2, 0) is 9.53 Å². The number of rotatable bonds is 4. The van der Waals surface area contributed by atoms with Crippen molar-refractivity contribution < 1.29 is 14.3 Å². The Labute approximate surface area is 138 Å². The molecule has 118 valence electrons. The van der Waals surface area contributed by atoms with Crippen molar-refractivity contribution in [1.29, 1.82) is 0 Å². The molecule has 0 aliphatic carbocycles. The van der Waals surface area contributed by atoms with E-state index in [0.29, 0.717) is 24.4 Å². The van der Waals surface area contributed by atoms with Crippen LogP contribution in [-0.4, -0.2) is 30.1 Å². The zero-order chi connectivity index (χ0) is 16.3. The van der Waals surface area contributed by atoms with Crippen LogP contribution in [0.25, 0.3) is 0 Å². The van der Waals surface area contributed by atoms with Crippen LogP contribution in [0.2, 0.25) is 0 Å². The van der Waals surface area contributed by atoms with Crippen LogP contribution in [0.1, 0.15) is 32.4 Å². The first kappa shape index (κ1) is 16.5. The molecule has 1 aromatic rings. The summed E-state index contributed by atoms with van der Waals surface area (Å²) in [5.74, 6) is -0.404. The van der Waals surface area contributed by atoms with Crippen LogP contribution < -0.4 is 5.32 Å². The summed E-state index contributed by atoms with van der Waals surface area (Å²) >= 11 is 3.48. The molecule has 6 heteroatoms. The Hall–Kier alpha value is -1.82. The summed E-state index contributed by atoms with van der Waals surface area (Å²) in [5.41, 5.74) is 1.93. The largest absolute Gasteiger partial charge is 0.463 e. The first-order valence-corrected chi connectivity index (χ1v) is 8.00. The zero-order valence-electron chi connectivity index (χ0n) is 12.9. The number of ether oxygens (including phenoxy) is 1. The zero-order valence-corrected chi connectivity index (χ0v) is 14.4. The van der Waals surface area contributed by atoms with Gasteiger partial charge in [-0.25, -0.2) is 9.59 Å². The molecule has 1 heterocycles. The Balaban J connectivity index is 2.56. The fraction of sp³-hybridized carbons (Fsp3) is 0.375. The van der Waals surface area contributed by atoms with Gasteiger partial charge in [0.25, 0.3) is 0 Å². The molecule has 1 aliphatic heterocycles. The highest BCUT2D eigenvalue weighted by Gasteiger charge is 2.36. The number of hydrogen-bond donors (Lipinski definition) is 1. The molecule has 5 nitrogen and oxygen atoms in total. The minimum atomic E-state index is -0.523. The second-order valence-electron chi connectivity index (χ2n) is 4.87. The molecular weight excluding hydrogens is 348 g/mol. The molecule has 2 rings (SSSR count). The summed E-state index contributed by atoms with van der Waals surface area (Å²) < 4.78 is 6.01. The molecule has 0 radical (unpaired) electrons. The van der Waals surface area contributed by atoms with Gasteiger partial charge in [-0.3, -0.25) is 4.90 Å². The summed E-state index contributed by atoms with van der Waals surface area (Å²) in [4.78, 5) is 26.2. The van der Waals surface area contributed by atoms with Crippen molar-refractivity contribution in [2.45, 2.75) is 26.8 Å². The molecule has 0 fully saturated rings. The molecule has 1 N–H and O–H groups in total. The third kappa shape index (κ3) is 3.02. The third-order valence-electron chi connectivity index (χ3n) is 3.62. The van der Waals surface area contributed by atoms with Gasteiger partial charge in [0, 0.05) is 16.7 Å². The lowest BCUT2D eigenvalue weighted by molar-refractivity contribution is -0.139. The number of carbonyl (C=O) groups is 2. The maximum atomic E-state index is 12.4. The number of halogens is 1. The smallest absolute Gasteiger partial charge is 0.338 e. The van der Waals surface area contributed by atoms with Crippen molar-refractivity contribution in [2.24, 2.45) is 0 Å². The highest BCUT2D eigenvalue weighted by atomic mass is 79.9. The monoisotopic (exact) mass is 366 g/mol. The van der Waals surface area contributed by atoms with Crippen LogP contribution in [0.3, 0.4) is 0 Å². The maximum Gasteiger partial charge on any atom is 0.338 e.